The van der Waals surface area contributed by atoms with Gasteiger partial charge in [0.1, 0.15) is 11.9 Å². The number of fused-ring (bicyclic) bond motifs is 1. The van der Waals surface area contributed by atoms with Gasteiger partial charge in [-0.25, -0.2) is 4.98 Å². The van der Waals surface area contributed by atoms with E-state index < -0.39 is 6.04 Å². The van der Waals surface area contributed by atoms with Crippen molar-refractivity contribution in [2.75, 3.05) is 13.1 Å². The van der Waals surface area contributed by atoms with Crippen molar-refractivity contribution in [2.45, 2.75) is 44.7 Å². The van der Waals surface area contributed by atoms with Crippen LogP contribution in [-0.4, -0.2) is 33.4 Å². The number of halogens is 2. The van der Waals surface area contributed by atoms with E-state index in [1.165, 1.54) is 0 Å². The summed E-state index contributed by atoms with van der Waals surface area (Å²) in [5.74, 6) is 1.32. The third kappa shape index (κ3) is 4.64. The van der Waals surface area contributed by atoms with E-state index in [1.54, 1.807) is 0 Å². The van der Waals surface area contributed by atoms with E-state index in [1.807, 2.05) is 41.3 Å². The monoisotopic (exact) mass is 448 g/mol. The number of piperidine rings is 1. The average molecular weight is 449 g/mol. The molecule has 0 saturated carbocycles. The quantitative estimate of drug-likeness (QED) is 0.618. The zero-order valence-corrected chi connectivity index (χ0v) is 19.0. The van der Waals surface area contributed by atoms with Gasteiger partial charge >= 0.3 is 0 Å². The molecule has 1 aliphatic rings. The average Bonchev–Trinajstić information content (AvgIpc) is 3.13. The molecule has 0 bridgehead atoms. The Kier molecular flexibility index (Phi) is 8.30. The van der Waals surface area contributed by atoms with Gasteiger partial charge in [0.15, 0.2) is 0 Å². The standard InChI is InChI=1S/C23H28N4O.2ClH/c1-16(2)27-20-13-7-6-12-19(20)25-22(27)18-11-8-14-26(15-18)23(28)21(24)17-9-4-3-5-10-17;;/h3-7,9-10,12-13,16,18,21H,8,11,14-15,24H2,1-2H3;2*1H. The molecule has 3 aromatic rings. The number of carbonyl (C=O) groups excluding carboxylic acids is 1. The number of benzene rings is 2. The van der Waals surface area contributed by atoms with Crippen LogP contribution < -0.4 is 5.73 Å². The molecule has 2 N–H and O–H groups in total. The Hall–Kier alpha value is -2.08. The number of hydrogen-bond donors (Lipinski definition) is 1. The first-order valence-electron chi connectivity index (χ1n) is 10.1. The van der Waals surface area contributed by atoms with E-state index in [0.717, 1.165) is 41.8 Å². The van der Waals surface area contributed by atoms with Gasteiger partial charge < -0.3 is 15.2 Å². The molecule has 0 spiro atoms. The van der Waals surface area contributed by atoms with Gasteiger partial charge in [0.25, 0.3) is 0 Å². The van der Waals surface area contributed by atoms with Crippen molar-refractivity contribution < 1.29 is 4.79 Å². The second-order valence-electron chi connectivity index (χ2n) is 7.93. The maximum absolute atomic E-state index is 13.0. The fraction of sp³-hybridized carbons (Fsp3) is 0.391. The van der Waals surface area contributed by atoms with Gasteiger partial charge in [-0.2, -0.15) is 0 Å². The van der Waals surface area contributed by atoms with Crippen LogP contribution in [0.15, 0.2) is 54.6 Å². The van der Waals surface area contributed by atoms with E-state index >= 15 is 0 Å². The fourth-order valence-corrected chi connectivity index (χ4v) is 4.28. The van der Waals surface area contributed by atoms with E-state index in [2.05, 4.69) is 36.6 Å². The van der Waals surface area contributed by atoms with Crippen LogP contribution in [0.2, 0.25) is 0 Å². The van der Waals surface area contributed by atoms with Crippen LogP contribution in [0.25, 0.3) is 11.0 Å². The van der Waals surface area contributed by atoms with E-state index in [4.69, 9.17) is 10.7 Å². The Labute approximate surface area is 190 Å². The molecule has 162 valence electrons. The number of carbonyl (C=O) groups is 1. The number of para-hydroxylation sites is 2. The van der Waals surface area contributed by atoms with Crippen molar-refractivity contribution in [2.24, 2.45) is 5.73 Å². The highest BCUT2D eigenvalue weighted by atomic mass is 35.5. The summed E-state index contributed by atoms with van der Waals surface area (Å²) in [7, 11) is 0. The lowest BCUT2D eigenvalue weighted by Crippen LogP contribution is -2.44. The molecular formula is C23H30Cl2N4O. The Morgan fingerprint density at radius 3 is 2.43 bits per heavy atom. The molecule has 30 heavy (non-hydrogen) atoms. The molecule has 2 heterocycles. The number of amides is 1. The van der Waals surface area contributed by atoms with Gasteiger partial charge in [-0.05, 0) is 44.4 Å². The first-order valence-corrected chi connectivity index (χ1v) is 10.1. The maximum Gasteiger partial charge on any atom is 0.244 e. The second kappa shape index (κ2) is 10.3. The van der Waals surface area contributed by atoms with Crippen molar-refractivity contribution in [3.8, 4) is 0 Å². The zero-order valence-electron chi connectivity index (χ0n) is 17.4. The number of nitrogens with two attached hydrogens (primary N) is 1. The molecule has 0 radical (unpaired) electrons. The van der Waals surface area contributed by atoms with Crippen LogP contribution in [0.4, 0.5) is 0 Å². The van der Waals surface area contributed by atoms with Crippen LogP contribution in [0, 0.1) is 0 Å². The molecule has 1 amide bonds. The number of hydrogen-bond acceptors (Lipinski definition) is 3. The van der Waals surface area contributed by atoms with Crippen LogP contribution >= 0.6 is 24.8 Å². The van der Waals surface area contributed by atoms with Crippen LogP contribution in [0.1, 0.15) is 56.1 Å². The first kappa shape index (κ1) is 24.2. The summed E-state index contributed by atoms with van der Waals surface area (Å²) in [5.41, 5.74) is 9.33. The Morgan fingerprint density at radius 1 is 1.07 bits per heavy atom. The molecule has 1 fully saturated rings. The molecule has 2 aromatic carbocycles. The summed E-state index contributed by atoms with van der Waals surface area (Å²) in [4.78, 5) is 19.9. The van der Waals surface area contributed by atoms with E-state index in [-0.39, 0.29) is 36.6 Å². The summed E-state index contributed by atoms with van der Waals surface area (Å²) in [5, 5.41) is 0. The molecular weight excluding hydrogens is 419 g/mol. The lowest BCUT2D eigenvalue weighted by atomic mass is 9.95. The number of likely N-dealkylation sites (tertiary alicyclic amines) is 1. The molecule has 2 unspecified atom stereocenters. The molecule has 4 rings (SSSR count). The Morgan fingerprint density at radius 2 is 1.73 bits per heavy atom. The zero-order chi connectivity index (χ0) is 19.7. The summed E-state index contributed by atoms with van der Waals surface area (Å²) >= 11 is 0. The van der Waals surface area contributed by atoms with Crippen molar-refractivity contribution in [3.63, 3.8) is 0 Å². The highest BCUT2D eigenvalue weighted by Crippen LogP contribution is 2.32. The molecule has 1 saturated heterocycles. The van der Waals surface area contributed by atoms with Gasteiger partial charge in [0.05, 0.1) is 11.0 Å². The number of nitrogens with zero attached hydrogens (tertiary/aromatic N) is 3. The van der Waals surface area contributed by atoms with Gasteiger partial charge in [-0.1, -0.05) is 42.5 Å². The minimum atomic E-state index is -0.608. The van der Waals surface area contributed by atoms with Gasteiger partial charge in [-0.15, -0.1) is 24.8 Å². The molecule has 7 heteroatoms. The smallest absolute Gasteiger partial charge is 0.244 e. The number of rotatable bonds is 4. The normalized spacial score (nSPS) is 17.3. The van der Waals surface area contributed by atoms with Crippen molar-refractivity contribution in [3.05, 3.63) is 66.0 Å². The van der Waals surface area contributed by atoms with Crippen molar-refractivity contribution in [1.29, 1.82) is 0 Å². The Balaban J connectivity index is 0.00000160. The van der Waals surface area contributed by atoms with Gasteiger partial charge in [-0.3, -0.25) is 4.79 Å². The maximum atomic E-state index is 13.0. The fourth-order valence-electron chi connectivity index (χ4n) is 4.28. The minimum Gasteiger partial charge on any atom is -0.340 e. The van der Waals surface area contributed by atoms with Crippen LogP contribution in [-0.2, 0) is 4.79 Å². The van der Waals surface area contributed by atoms with Gasteiger partial charge in [0, 0.05) is 25.0 Å². The summed E-state index contributed by atoms with van der Waals surface area (Å²) in [6.45, 7) is 5.82. The topological polar surface area (TPSA) is 64.2 Å². The number of imidazole rings is 1. The highest BCUT2D eigenvalue weighted by molar-refractivity contribution is 5.85. The Bertz CT molecular complexity index is 974. The third-order valence-electron chi connectivity index (χ3n) is 5.66. The molecule has 1 aromatic heterocycles. The summed E-state index contributed by atoms with van der Waals surface area (Å²) < 4.78 is 2.32. The van der Waals surface area contributed by atoms with E-state index in [9.17, 15) is 4.79 Å². The van der Waals surface area contributed by atoms with Crippen molar-refractivity contribution in [1.82, 2.24) is 14.5 Å². The minimum absolute atomic E-state index is 0. The van der Waals surface area contributed by atoms with Gasteiger partial charge in [0.2, 0.25) is 5.91 Å². The lowest BCUT2D eigenvalue weighted by Gasteiger charge is -2.34. The first-order chi connectivity index (χ1) is 13.6. The molecule has 0 aliphatic carbocycles. The highest BCUT2D eigenvalue weighted by Gasteiger charge is 2.31. The largest absolute Gasteiger partial charge is 0.340 e. The molecule has 5 nitrogen and oxygen atoms in total. The lowest BCUT2D eigenvalue weighted by molar-refractivity contribution is -0.134. The van der Waals surface area contributed by atoms with Crippen LogP contribution in [0.5, 0.6) is 0 Å². The third-order valence-corrected chi connectivity index (χ3v) is 5.66. The molecule has 2 atom stereocenters. The summed E-state index contributed by atoms with van der Waals surface area (Å²) in [6, 6.07) is 17.6. The van der Waals surface area contributed by atoms with E-state index in [0.29, 0.717) is 12.6 Å². The van der Waals surface area contributed by atoms with Crippen LogP contribution in [0.3, 0.4) is 0 Å². The summed E-state index contributed by atoms with van der Waals surface area (Å²) in [6.07, 6.45) is 2.01. The predicted molar refractivity (Wildman–Crippen MR) is 127 cm³/mol. The predicted octanol–water partition coefficient (Wildman–Crippen LogP) is 4.87. The number of aromatic nitrogens is 2. The molecule has 1 aliphatic heterocycles. The SMILES string of the molecule is CC(C)n1c(C2CCCN(C(=O)C(N)c3ccccc3)C2)nc2ccccc21.Cl.Cl. The second-order valence-corrected chi connectivity index (χ2v) is 7.93. The van der Waals surface area contributed by atoms with Crippen molar-refractivity contribution >= 4 is 41.8 Å².